The molecule has 0 bridgehead atoms. The molecule has 1 saturated heterocycles. The smallest absolute Gasteiger partial charge is 0.253 e. The van der Waals surface area contributed by atoms with Crippen LogP contribution < -0.4 is 15.8 Å². The lowest BCUT2D eigenvalue weighted by atomic mass is 10.0. The van der Waals surface area contributed by atoms with Gasteiger partial charge in [0.15, 0.2) is 0 Å². The first-order valence-electron chi connectivity index (χ1n) is 6.46. The summed E-state index contributed by atoms with van der Waals surface area (Å²) in [6, 6.07) is 5.23. The van der Waals surface area contributed by atoms with Gasteiger partial charge in [-0.25, -0.2) is 0 Å². The molecule has 0 spiro atoms. The fourth-order valence-corrected chi connectivity index (χ4v) is 2.27. The van der Waals surface area contributed by atoms with E-state index >= 15 is 0 Å². The number of hydrogen-bond donors (Lipinski definition) is 2. The number of nitrogens with two attached hydrogens (primary N) is 1. The van der Waals surface area contributed by atoms with Gasteiger partial charge in [0.25, 0.3) is 5.91 Å². The molecule has 0 aromatic heterocycles. The van der Waals surface area contributed by atoms with Crippen LogP contribution in [0.3, 0.4) is 0 Å². The molecule has 2 atom stereocenters. The van der Waals surface area contributed by atoms with Crippen molar-refractivity contribution in [2.75, 3.05) is 19.5 Å². The quantitative estimate of drug-likeness (QED) is 0.813. The Balaban J connectivity index is 2.03. The van der Waals surface area contributed by atoms with Gasteiger partial charge in [0.05, 0.1) is 18.8 Å². The van der Waals surface area contributed by atoms with Gasteiger partial charge in [-0.2, -0.15) is 0 Å². The van der Waals surface area contributed by atoms with Gasteiger partial charge in [-0.1, -0.05) is 0 Å². The molecule has 1 amide bonds. The molecule has 1 aromatic carbocycles. The minimum Gasteiger partial charge on any atom is -0.497 e. The fourth-order valence-electron chi connectivity index (χ4n) is 2.27. The lowest BCUT2D eigenvalue weighted by Crippen LogP contribution is -2.41. The fraction of sp³-hybridized carbons (Fsp3) is 0.500. The van der Waals surface area contributed by atoms with Gasteiger partial charge in [0.2, 0.25) is 0 Å². The third-order valence-corrected chi connectivity index (χ3v) is 3.32. The number of carbonyl (C=O) groups excluding carboxylic acids is 1. The average Bonchev–Trinajstić information content (AvgIpc) is 2.38. The Hall–Kier alpha value is -1.75. The van der Waals surface area contributed by atoms with Crippen molar-refractivity contribution in [3.63, 3.8) is 0 Å². The van der Waals surface area contributed by atoms with Gasteiger partial charge in [0.1, 0.15) is 5.75 Å². The number of methoxy groups -OCH3 is 1. The second-order valence-corrected chi connectivity index (χ2v) is 4.83. The SMILES string of the molecule is COc1ccc(C(=O)NC2CCOC(C)C2)c(N)c1. The number of nitrogen functional groups attached to an aromatic ring is 1. The molecule has 1 fully saturated rings. The van der Waals surface area contributed by atoms with E-state index in [1.165, 1.54) is 0 Å². The number of ether oxygens (including phenoxy) is 2. The van der Waals surface area contributed by atoms with E-state index in [9.17, 15) is 4.79 Å². The summed E-state index contributed by atoms with van der Waals surface area (Å²) < 4.78 is 10.5. The zero-order valence-electron chi connectivity index (χ0n) is 11.3. The Morgan fingerprint density at radius 3 is 2.95 bits per heavy atom. The van der Waals surface area contributed by atoms with Crippen LogP contribution in [0, 0.1) is 0 Å². The maximum absolute atomic E-state index is 12.2. The second-order valence-electron chi connectivity index (χ2n) is 4.83. The molecule has 0 saturated carbocycles. The van der Waals surface area contributed by atoms with Crippen LogP contribution in [0.4, 0.5) is 5.69 Å². The molecule has 1 aliphatic rings. The molecular weight excluding hydrogens is 244 g/mol. The van der Waals surface area contributed by atoms with Crippen molar-refractivity contribution in [1.29, 1.82) is 0 Å². The summed E-state index contributed by atoms with van der Waals surface area (Å²) >= 11 is 0. The normalized spacial score (nSPS) is 22.8. The van der Waals surface area contributed by atoms with E-state index in [1.807, 2.05) is 6.92 Å². The van der Waals surface area contributed by atoms with Gasteiger partial charge in [-0.3, -0.25) is 4.79 Å². The molecule has 2 rings (SSSR count). The molecule has 19 heavy (non-hydrogen) atoms. The molecule has 1 aliphatic heterocycles. The molecule has 5 heteroatoms. The monoisotopic (exact) mass is 264 g/mol. The zero-order valence-corrected chi connectivity index (χ0v) is 11.3. The largest absolute Gasteiger partial charge is 0.497 e. The third kappa shape index (κ3) is 3.38. The van der Waals surface area contributed by atoms with Gasteiger partial charge >= 0.3 is 0 Å². The van der Waals surface area contributed by atoms with Crippen molar-refractivity contribution >= 4 is 11.6 Å². The highest BCUT2D eigenvalue weighted by Crippen LogP contribution is 2.20. The number of benzene rings is 1. The maximum Gasteiger partial charge on any atom is 0.253 e. The Morgan fingerprint density at radius 2 is 2.32 bits per heavy atom. The van der Waals surface area contributed by atoms with Gasteiger partial charge in [-0.15, -0.1) is 0 Å². The van der Waals surface area contributed by atoms with E-state index in [2.05, 4.69) is 5.32 Å². The van der Waals surface area contributed by atoms with Crippen LogP contribution >= 0.6 is 0 Å². The topological polar surface area (TPSA) is 73.6 Å². The summed E-state index contributed by atoms with van der Waals surface area (Å²) in [5.74, 6) is 0.507. The van der Waals surface area contributed by atoms with Crippen LogP contribution in [0.1, 0.15) is 30.1 Å². The zero-order chi connectivity index (χ0) is 13.8. The van der Waals surface area contributed by atoms with Gasteiger partial charge in [0, 0.05) is 24.4 Å². The number of rotatable bonds is 3. The summed E-state index contributed by atoms with van der Waals surface area (Å²) in [6.45, 7) is 2.70. The standard InChI is InChI=1S/C14H20N2O3/c1-9-7-10(5-6-19-9)16-14(17)12-4-3-11(18-2)8-13(12)15/h3-4,8-10H,5-7,15H2,1-2H3,(H,16,17). The van der Waals surface area contributed by atoms with Gasteiger partial charge in [-0.05, 0) is 31.9 Å². The molecule has 0 aliphatic carbocycles. The van der Waals surface area contributed by atoms with E-state index in [0.717, 1.165) is 12.8 Å². The predicted octanol–water partition coefficient (Wildman–Crippen LogP) is 1.57. The van der Waals surface area contributed by atoms with Crippen molar-refractivity contribution in [1.82, 2.24) is 5.32 Å². The molecule has 2 unspecified atom stereocenters. The summed E-state index contributed by atoms with van der Waals surface area (Å²) in [4.78, 5) is 12.2. The highest BCUT2D eigenvalue weighted by Gasteiger charge is 2.22. The molecule has 5 nitrogen and oxygen atoms in total. The Labute approximate surface area is 113 Å². The van der Waals surface area contributed by atoms with Crippen LogP contribution in [0.5, 0.6) is 5.75 Å². The molecular formula is C14H20N2O3. The van der Waals surface area contributed by atoms with E-state index in [0.29, 0.717) is 23.6 Å². The van der Waals surface area contributed by atoms with Crippen LogP contribution in [0.25, 0.3) is 0 Å². The van der Waals surface area contributed by atoms with E-state index in [-0.39, 0.29) is 18.1 Å². The number of nitrogens with one attached hydrogen (secondary N) is 1. The summed E-state index contributed by atoms with van der Waals surface area (Å²) in [5.41, 5.74) is 6.78. The summed E-state index contributed by atoms with van der Waals surface area (Å²) in [5, 5.41) is 3.00. The first-order valence-corrected chi connectivity index (χ1v) is 6.46. The number of carbonyl (C=O) groups is 1. The minimum absolute atomic E-state index is 0.140. The Bertz CT molecular complexity index is 462. The van der Waals surface area contributed by atoms with Crippen LogP contribution in [0.15, 0.2) is 18.2 Å². The number of amides is 1. The average molecular weight is 264 g/mol. The van der Waals surface area contributed by atoms with Crippen LogP contribution in [0.2, 0.25) is 0 Å². The maximum atomic E-state index is 12.2. The molecule has 1 aromatic rings. The lowest BCUT2D eigenvalue weighted by Gasteiger charge is -2.28. The molecule has 104 valence electrons. The molecule has 1 heterocycles. The van der Waals surface area contributed by atoms with E-state index in [1.54, 1.807) is 25.3 Å². The van der Waals surface area contributed by atoms with Crippen LogP contribution in [-0.2, 0) is 4.74 Å². The van der Waals surface area contributed by atoms with Crippen LogP contribution in [-0.4, -0.2) is 31.8 Å². The summed E-state index contributed by atoms with van der Waals surface area (Å²) in [6.07, 6.45) is 1.86. The van der Waals surface area contributed by atoms with E-state index < -0.39 is 0 Å². The second kappa shape index (κ2) is 5.93. The van der Waals surface area contributed by atoms with Crippen molar-refractivity contribution < 1.29 is 14.3 Å². The highest BCUT2D eigenvalue weighted by atomic mass is 16.5. The van der Waals surface area contributed by atoms with Crippen molar-refractivity contribution in [2.45, 2.75) is 31.9 Å². The minimum atomic E-state index is -0.140. The number of anilines is 1. The first kappa shape index (κ1) is 13.7. The lowest BCUT2D eigenvalue weighted by molar-refractivity contribution is 0.0137. The highest BCUT2D eigenvalue weighted by molar-refractivity contribution is 5.99. The predicted molar refractivity (Wildman–Crippen MR) is 73.3 cm³/mol. The number of hydrogen-bond acceptors (Lipinski definition) is 4. The van der Waals surface area contributed by atoms with Crippen molar-refractivity contribution in [3.05, 3.63) is 23.8 Å². The van der Waals surface area contributed by atoms with Crippen molar-refractivity contribution in [2.24, 2.45) is 0 Å². The van der Waals surface area contributed by atoms with Crippen molar-refractivity contribution in [3.8, 4) is 5.75 Å². The molecule has 3 N–H and O–H groups in total. The summed E-state index contributed by atoms with van der Waals surface area (Å²) in [7, 11) is 1.57. The van der Waals surface area contributed by atoms with Gasteiger partial charge < -0.3 is 20.5 Å². The third-order valence-electron chi connectivity index (χ3n) is 3.32. The molecule has 0 radical (unpaired) electrons. The van der Waals surface area contributed by atoms with E-state index in [4.69, 9.17) is 15.2 Å². The Kier molecular flexibility index (Phi) is 4.27. The Morgan fingerprint density at radius 1 is 1.53 bits per heavy atom. The first-order chi connectivity index (χ1) is 9.10.